The van der Waals surface area contributed by atoms with Gasteiger partial charge in [-0.2, -0.15) is 0 Å². The van der Waals surface area contributed by atoms with Crippen LogP contribution in [-0.4, -0.2) is 22.2 Å². The van der Waals surface area contributed by atoms with Crippen LogP contribution in [-0.2, 0) is 42.3 Å². The molecule has 2 aromatic rings. The summed E-state index contributed by atoms with van der Waals surface area (Å²) in [6.45, 7) is 7.91. The molecule has 0 bridgehead atoms. The van der Waals surface area contributed by atoms with Gasteiger partial charge < -0.3 is 10.2 Å². The Bertz CT molecular complexity index is 646. The zero-order valence-electron chi connectivity index (χ0n) is 16.8. The molecule has 0 saturated heterocycles. The minimum atomic E-state index is -0.833. The minimum Gasteiger partial charge on any atom is -0.481 e. The predicted molar refractivity (Wildman–Crippen MR) is 113 cm³/mol. The molecular formula is C23H29O4Y-. The maximum absolute atomic E-state index is 9.00. The summed E-state index contributed by atoms with van der Waals surface area (Å²) in [5, 5.41) is 14.8. The second-order valence-corrected chi connectivity index (χ2v) is 5.07. The third kappa shape index (κ3) is 28.6. The maximum atomic E-state index is 9.00. The van der Waals surface area contributed by atoms with E-state index >= 15 is 0 Å². The van der Waals surface area contributed by atoms with Crippen molar-refractivity contribution in [3.05, 3.63) is 90.9 Å². The standard InChI is InChI=1S/C10H12.C9H9.2C2H4O2.Y/c1-2-3-7-10-8-5-4-6-9-10;1-2-6-9-7-4-3-5-8-9;2*1-2(3)4;/h3-9H,2H2,1H3;2-8H,1H2;2*1H3,(H,3,4);/q;-1;;;/b7-3-;6-2+;;;. The predicted octanol–water partition coefficient (Wildman–Crippen LogP) is 5.82. The van der Waals surface area contributed by atoms with Crippen LogP contribution < -0.4 is 0 Å². The van der Waals surface area contributed by atoms with Gasteiger partial charge in [-0.05, 0) is 12.0 Å². The van der Waals surface area contributed by atoms with E-state index in [1.54, 1.807) is 6.08 Å². The average molecular weight is 458 g/mol. The Hall–Kier alpha value is -2.17. The third-order valence-electron chi connectivity index (χ3n) is 2.46. The van der Waals surface area contributed by atoms with Crippen LogP contribution in [0.1, 0.15) is 38.3 Å². The molecule has 0 heterocycles. The zero-order valence-corrected chi connectivity index (χ0v) is 19.6. The van der Waals surface area contributed by atoms with E-state index in [2.05, 4.69) is 50.3 Å². The molecule has 2 aromatic carbocycles. The second-order valence-electron chi connectivity index (χ2n) is 5.07. The first kappa shape index (κ1) is 30.6. The normalized spacial score (nSPS) is 8.82. The van der Waals surface area contributed by atoms with Gasteiger partial charge >= 0.3 is 0 Å². The van der Waals surface area contributed by atoms with Crippen LogP contribution in [0.2, 0.25) is 0 Å². The van der Waals surface area contributed by atoms with Crippen molar-refractivity contribution in [2.75, 3.05) is 0 Å². The molecule has 0 aliphatic rings. The second kappa shape index (κ2) is 22.9. The Labute approximate surface area is 193 Å². The van der Waals surface area contributed by atoms with Gasteiger partial charge in [0.05, 0.1) is 0 Å². The van der Waals surface area contributed by atoms with E-state index in [-0.39, 0.29) is 32.7 Å². The Morgan fingerprint density at radius 2 is 1.14 bits per heavy atom. The summed E-state index contributed by atoms with van der Waals surface area (Å²) in [7, 11) is 0. The molecule has 0 amide bonds. The molecule has 1 radical (unpaired) electrons. The van der Waals surface area contributed by atoms with Gasteiger partial charge in [0.1, 0.15) is 0 Å². The van der Waals surface area contributed by atoms with Gasteiger partial charge in [0.2, 0.25) is 0 Å². The van der Waals surface area contributed by atoms with Crippen LogP contribution >= 0.6 is 0 Å². The Balaban J connectivity index is -0.000000320. The fourth-order valence-electron chi connectivity index (χ4n) is 1.52. The fourth-order valence-corrected chi connectivity index (χ4v) is 1.52. The molecule has 0 spiro atoms. The van der Waals surface area contributed by atoms with Crippen LogP contribution in [0.3, 0.4) is 0 Å². The van der Waals surface area contributed by atoms with E-state index < -0.39 is 11.9 Å². The number of carboxylic acid groups (broad SMARTS) is 2. The van der Waals surface area contributed by atoms with E-state index in [0.29, 0.717) is 0 Å². The largest absolute Gasteiger partial charge is 0.481 e. The third-order valence-corrected chi connectivity index (χ3v) is 2.46. The molecular weight excluding hydrogens is 429 g/mol. The number of aliphatic carboxylic acids is 2. The van der Waals surface area contributed by atoms with Gasteiger partial charge in [0.15, 0.2) is 0 Å². The summed E-state index contributed by atoms with van der Waals surface area (Å²) in [6.07, 6.45) is 9.17. The topological polar surface area (TPSA) is 74.6 Å². The number of hydrogen-bond donors (Lipinski definition) is 2. The quantitative estimate of drug-likeness (QED) is 0.569. The van der Waals surface area contributed by atoms with Gasteiger partial charge in [-0.15, -0.1) is 5.56 Å². The van der Waals surface area contributed by atoms with Gasteiger partial charge in [0.25, 0.3) is 11.9 Å². The smallest absolute Gasteiger partial charge is 0.300 e. The summed E-state index contributed by atoms with van der Waals surface area (Å²) in [5.41, 5.74) is 2.48. The van der Waals surface area contributed by atoms with Crippen LogP contribution in [0.5, 0.6) is 0 Å². The molecule has 149 valence electrons. The van der Waals surface area contributed by atoms with Crippen LogP contribution in [0, 0.1) is 6.92 Å². The fraction of sp³-hybridized carbons (Fsp3) is 0.174. The molecule has 0 fully saturated rings. The molecule has 0 aliphatic heterocycles. The van der Waals surface area contributed by atoms with Crippen molar-refractivity contribution >= 4 is 24.1 Å². The molecule has 0 unspecified atom stereocenters. The monoisotopic (exact) mass is 458 g/mol. The number of allylic oxidation sites excluding steroid dienone is 2. The van der Waals surface area contributed by atoms with Crippen molar-refractivity contribution in [1.82, 2.24) is 0 Å². The molecule has 2 N–H and O–H groups in total. The SMILES string of the molecule is CC(=O)O.CC(=O)O.CC/C=C\c1ccccc1.[CH2-]/C=C/c1ccccc1.[Y]. The minimum absolute atomic E-state index is 0. The Morgan fingerprint density at radius 1 is 0.821 bits per heavy atom. The number of hydrogen-bond acceptors (Lipinski definition) is 2. The van der Waals surface area contributed by atoms with Gasteiger partial charge in [0, 0.05) is 46.6 Å². The van der Waals surface area contributed by atoms with Crippen molar-refractivity contribution in [2.45, 2.75) is 27.2 Å². The van der Waals surface area contributed by atoms with Crippen LogP contribution in [0.25, 0.3) is 12.2 Å². The first-order valence-corrected chi connectivity index (χ1v) is 8.44. The number of benzene rings is 2. The van der Waals surface area contributed by atoms with Gasteiger partial charge in [-0.3, -0.25) is 9.59 Å². The molecule has 0 aliphatic carbocycles. The molecule has 5 heteroatoms. The Kier molecular flexibility index (Phi) is 25.0. The summed E-state index contributed by atoms with van der Waals surface area (Å²) in [5.74, 6) is -1.67. The molecule has 4 nitrogen and oxygen atoms in total. The van der Waals surface area contributed by atoms with Gasteiger partial charge in [-0.25, -0.2) is 19.1 Å². The van der Waals surface area contributed by atoms with E-state index in [0.717, 1.165) is 20.3 Å². The van der Waals surface area contributed by atoms with E-state index in [1.165, 1.54) is 11.1 Å². The van der Waals surface area contributed by atoms with Crippen LogP contribution in [0.4, 0.5) is 0 Å². The maximum Gasteiger partial charge on any atom is 0.300 e. The summed E-state index contributed by atoms with van der Waals surface area (Å²) in [4.78, 5) is 18.0. The summed E-state index contributed by atoms with van der Waals surface area (Å²) >= 11 is 0. The molecule has 0 saturated carbocycles. The molecule has 2 rings (SSSR count). The Morgan fingerprint density at radius 3 is 1.43 bits per heavy atom. The van der Waals surface area contributed by atoms with E-state index in [9.17, 15) is 0 Å². The van der Waals surface area contributed by atoms with E-state index in [4.69, 9.17) is 19.8 Å². The van der Waals surface area contributed by atoms with Crippen molar-refractivity contribution < 1.29 is 52.5 Å². The van der Waals surface area contributed by atoms with Gasteiger partial charge in [-0.1, -0.05) is 79.7 Å². The van der Waals surface area contributed by atoms with Crippen molar-refractivity contribution in [2.24, 2.45) is 0 Å². The number of rotatable bonds is 3. The van der Waals surface area contributed by atoms with Crippen molar-refractivity contribution in [1.29, 1.82) is 0 Å². The number of carbonyl (C=O) groups is 2. The van der Waals surface area contributed by atoms with Crippen molar-refractivity contribution in [3.8, 4) is 0 Å². The zero-order chi connectivity index (χ0) is 20.9. The number of carboxylic acids is 2. The van der Waals surface area contributed by atoms with Crippen molar-refractivity contribution in [3.63, 3.8) is 0 Å². The summed E-state index contributed by atoms with van der Waals surface area (Å²) in [6, 6.07) is 20.4. The molecule has 0 atom stereocenters. The molecule has 28 heavy (non-hydrogen) atoms. The molecule has 0 aromatic heterocycles. The average Bonchev–Trinajstić information content (AvgIpc) is 2.62. The first-order valence-electron chi connectivity index (χ1n) is 8.44. The summed E-state index contributed by atoms with van der Waals surface area (Å²) < 4.78 is 0. The first-order chi connectivity index (χ1) is 12.8. The van der Waals surface area contributed by atoms with E-state index in [1.807, 2.05) is 42.5 Å². The van der Waals surface area contributed by atoms with Crippen LogP contribution in [0.15, 0.2) is 72.8 Å².